The third-order valence-corrected chi connectivity index (χ3v) is 4.21. The first-order chi connectivity index (χ1) is 13.0. The molecule has 2 aromatic carbocycles. The second-order valence-electron chi connectivity index (χ2n) is 6.15. The number of likely N-dealkylation sites (N-methyl/N-ethyl adjacent to an activating group) is 1. The molecular weight excluding hydrogens is 342 g/mol. The summed E-state index contributed by atoms with van der Waals surface area (Å²) < 4.78 is 5.23. The lowest BCUT2D eigenvalue weighted by Crippen LogP contribution is -2.38. The lowest BCUT2D eigenvalue weighted by atomic mass is 10.1. The number of anilines is 2. The molecule has 0 radical (unpaired) electrons. The normalized spacial score (nSPS) is 10.5. The van der Waals surface area contributed by atoms with Crippen LogP contribution in [0.3, 0.4) is 0 Å². The van der Waals surface area contributed by atoms with Gasteiger partial charge in [-0.05, 0) is 42.8 Å². The molecular formula is C21H27N3O3. The summed E-state index contributed by atoms with van der Waals surface area (Å²) in [6, 6.07) is 15.0. The summed E-state index contributed by atoms with van der Waals surface area (Å²) in [6.07, 6.45) is 0.957. The maximum absolute atomic E-state index is 12.3. The molecule has 0 aliphatic heterocycles. The maximum atomic E-state index is 12.3. The number of benzene rings is 2. The minimum Gasteiger partial charge on any atom is -0.495 e. The zero-order valence-electron chi connectivity index (χ0n) is 16.1. The van der Waals surface area contributed by atoms with Crippen molar-refractivity contribution in [3.8, 4) is 5.75 Å². The highest BCUT2D eigenvalue weighted by Gasteiger charge is 2.14. The van der Waals surface area contributed by atoms with E-state index in [1.165, 1.54) is 5.56 Å². The number of methoxy groups -OCH3 is 1. The number of nitrogens with one attached hydrogen (secondary N) is 2. The first-order valence-corrected chi connectivity index (χ1v) is 9.09. The lowest BCUT2D eigenvalue weighted by molar-refractivity contribution is -0.119. The van der Waals surface area contributed by atoms with Gasteiger partial charge in [0.1, 0.15) is 5.75 Å². The quantitative estimate of drug-likeness (QED) is 0.712. The number of amides is 2. The van der Waals surface area contributed by atoms with Crippen LogP contribution in [0.25, 0.3) is 0 Å². The van der Waals surface area contributed by atoms with Crippen molar-refractivity contribution in [1.82, 2.24) is 4.90 Å². The first-order valence-electron chi connectivity index (χ1n) is 9.09. The van der Waals surface area contributed by atoms with Crippen LogP contribution in [0.1, 0.15) is 19.4 Å². The van der Waals surface area contributed by atoms with Gasteiger partial charge in [0.05, 0.1) is 25.9 Å². The molecule has 0 atom stereocenters. The van der Waals surface area contributed by atoms with Crippen molar-refractivity contribution in [3.63, 3.8) is 0 Å². The summed E-state index contributed by atoms with van der Waals surface area (Å²) in [5.74, 6) is 0.259. The van der Waals surface area contributed by atoms with Crippen LogP contribution in [0.2, 0.25) is 0 Å². The van der Waals surface area contributed by atoms with Crippen LogP contribution < -0.4 is 15.4 Å². The summed E-state index contributed by atoms with van der Waals surface area (Å²) >= 11 is 0. The van der Waals surface area contributed by atoms with Gasteiger partial charge in [-0.3, -0.25) is 14.5 Å². The smallest absolute Gasteiger partial charge is 0.238 e. The molecule has 0 unspecified atom stereocenters. The standard InChI is InChI=1S/C21H27N3O3/c1-4-16-10-12-17(13-11-16)22-20(25)14-24(5-2)15-21(26)23-18-8-6-7-9-19(18)27-3/h6-13H,4-5,14-15H2,1-3H3,(H,22,25)(H,23,26). The minimum absolute atomic E-state index is 0.122. The molecule has 0 aliphatic carbocycles. The van der Waals surface area contributed by atoms with Crippen LogP contribution in [0.4, 0.5) is 11.4 Å². The molecule has 0 saturated carbocycles. The van der Waals surface area contributed by atoms with E-state index in [4.69, 9.17) is 4.74 Å². The summed E-state index contributed by atoms with van der Waals surface area (Å²) in [4.78, 5) is 26.4. The highest BCUT2D eigenvalue weighted by Crippen LogP contribution is 2.22. The molecule has 2 aromatic rings. The highest BCUT2D eigenvalue weighted by atomic mass is 16.5. The van der Waals surface area contributed by atoms with Crippen molar-refractivity contribution in [2.45, 2.75) is 20.3 Å². The number of aryl methyl sites for hydroxylation is 1. The molecule has 0 bridgehead atoms. The van der Waals surface area contributed by atoms with Crippen LogP contribution in [0.15, 0.2) is 48.5 Å². The molecule has 6 heteroatoms. The SMILES string of the molecule is CCc1ccc(NC(=O)CN(CC)CC(=O)Nc2ccccc2OC)cc1. The van der Waals surface area contributed by atoms with Gasteiger partial charge in [-0.15, -0.1) is 0 Å². The Morgan fingerprint density at radius 1 is 0.926 bits per heavy atom. The van der Waals surface area contributed by atoms with Crippen LogP contribution >= 0.6 is 0 Å². The van der Waals surface area contributed by atoms with Crippen molar-refractivity contribution in [2.24, 2.45) is 0 Å². The fourth-order valence-corrected chi connectivity index (χ4v) is 2.65. The summed E-state index contributed by atoms with van der Waals surface area (Å²) in [5.41, 5.74) is 2.59. The summed E-state index contributed by atoms with van der Waals surface area (Å²) in [5, 5.41) is 5.69. The van der Waals surface area contributed by atoms with E-state index in [9.17, 15) is 9.59 Å². The number of para-hydroxylation sites is 2. The van der Waals surface area contributed by atoms with Gasteiger partial charge in [-0.1, -0.05) is 38.1 Å². The molecule has 0 aromatic heterocycles. The van der Waals surface area contributed by atoms with Crippen molar-refractivity contribution in [1.29, 1.82) is 0 Å². The number of hydrogen-bond acceptors (Lipinski definition) is 4. The Labute approximate surface area is 160 Å². The van der Waals surface area contributed by atoms with E-state index in [0.717, 1.165) is 12.1 Å². The Morgan fingerprint density at radius 3 is 2.15 bits per heavy atom. The number of rotatable bonds is 9. The zero-order valence-corrected chi connectivity index (χ0v) is 16.1. The predicted octanol–water partition coefficient (Wildman–Crippen LogP) is 3.16. The third-order valence-electron chi connectivity index (χ3n) is 4.21. The Kier molecular flexibility index (Phi) is 7.82. The van der Waals surface area contributed by atoms with Gasteiger partial charge >= 0.3 is 0 Å². The third kappa shape index (κ3) is 6.42. The molecule has 2 N–H and O–H groups in total. The molecule has 144 valence electrons. The maximum Gasteiger partial charge on any atom is 0.238 e. The minimum atomic E-state index is -0.193. The fourth-order valence-electron chi connectivity index (χ4n) is 2.65. The zero-order chi connectivity index (χ0) is 19.6. The molecule has 2 rings (SSSR count). The van der Waals surface area contributed by atoms with E-state index >= 15 is 0 Å². The molecule has 0 heterocycles. The van der Waals surface area contributed by atoms with Gasteiger partial charge in [0, 0.05) is 5.69 Å². The molecule has 6 nitrogen and oxygen atoms in total. The summed E-state index contributed by atoms with van der Waals surface area (Å²) in [6.45, 7) is 4.85. The van der Waals surface area contributed by atoms with E-state index < -0.39 is 0 Å². The van der Waals surface area contributed by atoms with Gasteiger partial charge in [0.15, 0.2) is 0 Å². The number of carbonyl (C=O) groups is 2. The van der Waals surface area contributed by atoms with E-state index in [1.807, 2.05) is 43.3 Å². The average molecular weight is 369 g/mol. The van der Waals surface area contributed by atoms with Gasteiger partial charge in [0.2, 0.25) is 11.8 Å². The van der Waals surface area contributed by atoms with E-state index in [-0.39, 0.29) is 24.9 Å². The van der Waals surface area contributed by atoms with Crippen molar-refractivity contribution >= 4 is 23.2 Å². The molecule has 27 heavy (non-hydrogen) atoms. The monoisotopic (exact) mass is 369 g/mol. The number of nitrogens with zero attached hydrogens (tertiary/aromatic N) is 1. The van der Waals surface area contributed by atoms with Crippen molar-refractivity contribution < 1.29 is 14.3 Å². The second-order valence-corrected chi connectivity index (χ2v) is 6.15. The molecule has 0 spiro atoms. The largest absolute Gasteiger partial charge is 0.495 e. The lowest BCUT2D eigenvalue weighted by Gasteiger charge is -2.20. The van der Waals surface area contributed by atoms with Gasteiger partial charge in [-0.25, -0.2) is 0 Å². The van der Waals surface area contributed by atoms with E-state index in [2.05, 4.69) is 17.6 Å². The Morgan fingerprint density at radius 2 is 1.56 bits per heavy atom. The number of carbonyl (C=O) groups excluding carboxylic acids is 2. The van der Waals surface area contributed by atoms with Crippen LogP contribution in [-0.4, -0.2) is 43.5 Å². The number of hydrogen-bond donors (Lipinski definition) is 2. The Bertz CT molecular complexity index is 760. The predicted molar refractivity (Wildman–Crippen MR) is 108 cm³/mol. The van der Waals surface area contributed by atoms with Crippen LogP contribution in [0.5, 0.6) is 5.75 Å². The van der Waals surface area contributed by atoms with Crippen LogP contribution in [-0.2, 0) is 16.0 Å². The second kappa shape index (κ2) is 10.3. The Hall–Kier alpha value is -2.86. The molecule has 0 saturated heterocycles. The fraction of sp³-hybridized carbons (Fsp3) is 0.333. The van der Waals surface area contributed by atoms with Gasteiger partial charge in [-0.2, -0.15) is 0 Å². The highest BCUT2D eigenvalue weighted by molar-refractivity contribution is 5.95. The summed E-state index contributed by atoms with van der Waals surface area (Å²) in [7, 11) is 1.56. The Balaban J connectivity index is 1.88. The molecule has 0 aliphatic rings. The van der Waals surface area contributed by atoms with Gasteiger partial charge < -0.3 is 15.4 Å². The van der Waals surface area contributed by atoms with Gasteiger partial charge in [0.25, 0.3) is 0 Å². The molecule has 2 amide bonds. The van der Waals surface area contributed by atoms with E-state index in [0.29, 0.717) is 18.0 Å². The average Bonchev–Trinajstić information content (AvgIpc) is 2.68. The van der Waals surface area contributed by atoms with E-state index in [1.54, 1.807) is 24.1 Å². The number of ether oxygens (including phenoxy) is 1. The van der Waals surface area contributed by atoms with Crippen molar-refractivity contribution in [3.05, 3.63) is 54.1 Å². The topological polar surface area (TPSA) is 70.7 Å². The molecule has 0 fully saturated rings. The first kappa shape index (κ1) is 20.5. The van der Waals surface area contributed by atoms with Crippen molar-refractivity contribution in [2.75, 3.05) is 37.4 Å². The van der Waals surface area contributed by atoms with Crippen LogP contribution in [0, 0.1) is 0 Å².